The zero-order valence-electron chi connectivity index (χ0n) is 19.3. The number of aromatic nitrogens is 2. The Morgan fingerprint density at radius 2 is 1.94 bits per heavy atom. The first kappa shape index (κ1) is 23.0. The van der Waals surface area contributed by atoms with Crippen molar-refractivity contribution in [2.24, 2.45) is 13.0 Å². The zero-order chi connectivity index (χ0) is 23.5. The van der Waals surface area contributed by atoms with Crippen LogP contribution in [-0.2, 0) is 11.8 Å². The van der Waals surface area contributed by atoms with Crippen LogP contribution >= 0.6 is 0 Å². The van der Waals surface area contributed by atoms with E-state index in [0.717, 1.165) is 25.1 Å². The predicted octanol–water partition coefficient (Wildman–Crippen LogP) is 1.46. The quantitative estimate of drug-likeness (QED) is 0.461. The molecule has 176 valence electrons. The number of hydrogen-bond donors (Lipinski definition) is 2. The maximum absolute atomic E-state index is 13.2. The fourth-order valence-corrected chi connectivity index (χ4v) is 4.31. The molecule has 2 unspecified atom stereocenters. The average molecular weight is 454 g/mol. The van der Waals surface area contributed by atoms with E-state index in [-0.39, 0.29) is 12.3 Å². The normalized spacial score (nSPS) is 19.6. The fourth-order valence-electron chi connectivity index (χ4n) is 4.31. The molecule has 9 heteroatoms. The van der Waals surface area contributed by atoms with Gasteiger partial charge in [-0.15, -0.1) is 0 Å². The maximum Gasteiger partial charge on any atom is 0.329 e. The van der Waals surface area contributed by atoms with E-state index >= 15 is 0 Å². The SMILES string of the molecule is CC(C)=CCN1c2c(n(C)c(=O)[nH]c2=O)N(CC(=O)c2ccccc2)C1OCC1CCNC1. The van der Waals surface area contributed by atoms with Gasteiger partial charge >= 0.3 is 5.69 Å². The molecule has 3 heterocycles. The molecule has 1 saturated heterocycles. The highest BCUT2D eigenvalue weighted by molar-refractivity contribution is 6.00. The number of fused-ring (bicyclic) bond motifs is 1. The fraction of sp³-hybridized carbons (Fsp3) is 0.458. The van der Waals surface area contributed by atoms with Crippen LogP contribution in [0.25, 0.3) is 0 Å². The van der Waals surface area contributed by atoms with Crippen molar-refractivity contribution in [2.45, 2.75) is 26.6 Å². The van der Waals surface area contributed by atoms with Gasteiger partial charge in [0.1, 0.15) is 11.5 Å². The van der Waals surface area contributed by atoms with E-state index in [2.05, 4.69) is 10.3 Å². The molecule has 2 aliphatic rings. The molecule has 0 spiro atoms. The van der Waals surface area contributed by atoms with E-state index in [0.29, 0.717) is 36.1 Å². The number of Topliss-reactive ketones (excluding diaryl/α,β-unsaturated/α-hetero) is 1. The summed E-state index contributed by atoms with van der Waals surface area (Å²) in [7, 11) is 1.60. The number of carbonyl (C=O) groups is 1. The summed E-state index contributed by atoms with van der Waals surface area (Å²) in [6.07, 6.45) is 2.33. The van der Waals surface area contributed by atoms with Crippen LogP contribution in [0.2, 0.25) is 0 Å². The minimum atomic E-state index is -0.682. The number of ketones is 1. The number of nitrogens with zero attached hydrogens (tertiary/aromatic N) is 3. The Hall–Kier alpha value is -3.17. The highest BCUT2D eigenvalue weighted by Gasteiger charge is 2.42. The summed E-state index contributed by atoms with van der Waals surface area (Å²) in [4.78, 5) is 44.5. The zero-order valence-corrected chi connectivity index (χ0v) is 19.3. The van der Waals surface area contributed by atoms with Crippen molar-refractivity contribution in [3.8, 4) is 0 Å². The van der Waals surface area contributed by atoms with Gasteiger partial charge in [0.05, 0.1) is 13.2 Å². The molecular weight excluding hydrogens is 422 g/mol. The Labute approximate surface area is 192 Å². The molecule has 33 heavy (non-hydrogen) atoms. The highest BCUT2D eigenvalue weighted by Crippen LogP contribution is 2.36. The van der Waals surface area contributed by atoms with Crippen molar-refractivity contribution in [3.05, 3.63) is 68.4 Å². The lowest BCUT2D eigenvalue weighted by Crippen LogP contribution is -2.49. The summed E-state index contributed by atoms with van der Waals surface area (Å²) in [5, 5.41) is 3.34. The second-order valence-corrected chi connectivity index (χ2v) is 8.86. The smallest absolute Gasteiger partial charge is 0.329 e. The summed E-state index contributed by atoms with van der Waals surface area (Å²) < 4.78 is 7.76. The van der Waals surface area contributed by atoms with Crippen LogP contribution in [0.15, 0.2) is 51.6 Å². The molecule has 0 bridgehead atoms. The van der Waals surface area contributed by atoms with Gasteiger partial charge in [-0.3, -0.25) is 19.1 Å². The number of allylic oxidation sites excluding steroid dienone is 1. The Morgan fingerprint density at radius 3 is 2.61 bits per heavy atom. The van der Waals surface area contributed by atoms with E-state index in [4.69, 9.17) is 4.74 Å². The summed E-state index contributed by atoms with van der Waals surface area (Å²) in [6.45, 7) is 6.67. The Bertz CT molecular complexity index is 1140. The third-order valence-corrected chi connectivity index (χ3v) is 6.11. The van der Waals surface area contributed by atoms with Crippen molar-refractivity contribution >= 4 is 17.3 Å². The van der Waals surface area contributed by atoms with Crippen molar-refractivity contribution in [1.82, 2.24) is 14.9 Å². The largest absolute Gasteiger partial charge is 0.340 e. The Morgan fingerprint density at radius 1 is 1.18 bits per heavy atom. The third kappa shape index (κ3) is 4.79. The Balaban J connectivity index is 1.75. The lowest BCUT2D eigenvalue weighted by molar-refractivity contribution is 0.0336. The minimum absolute atomic E-state index is 0.0212. The molecule has 4 rings (SSSR count). The second kappa shape index (κ2) is 9.76. The lowest BCUT2D eigenvalue weighted by atomic mass is 10.1. The summed E-state index contributed by atoms with van der Waals surface area (Å²) in [6, 6.07) is 9.00. The van der Waals surface area contributed by atoms with E-state index in [1.165, 1.54) is 4.57 Å². The first-order chi connectivity index (χ1) is 15.9. The first-order valence-corrected chi connectivity index (χ1v) is 11.3. The highest BCUT2D eigenvalue weighted by atomic mass is 16.5. The van der Waals surface area contributed by atoms with Crippen LogP contribution in [0.3, 0.4) is 0 Å². The number of benzene rings is 1. The standard InChI is InChI=1S/C24H31N5O4/c1-16(2)10-12-28-20-21(31)26-23(32)27(3)22(20)29(14-19(30)18-7-5-4-6-8-18)24(28)33-15-17-9-11-25-13-17/h4-8,10,17,24-25H,9,11-15H2,1-3H3,(H,26,31,32). The Kier molecular flexibility index (Phi) is 6.80. The van der Waals surface area contributed by atoms with Crippen molar-refractivity contribution in [2.75, 3.05) is 42.6 Å². The molecule has 2 aromatic rings. The van der Waals surface area contributed by atoms with Crippen LogP contribution in [0, 0.1) is 5.92 Å². The molecule has 2 aliphatic heterocycles. The molecule has 1 fully saturated rings. The lowest BCUT2D eigenvalue weighted by Gasteiger charge is -2.32. The van der Waals surface area contributed by atoms with Crippen LogP contribution < -0.4 is 26.4 Å². The summed E-state index contributed by atoms with van der Waals surface area (Å²) >= 11 is 0. The number of anilines is 2. The van der Waals surface area contributed by atoms with E-state index < -0.39 is 17.6 Å². The number of H-pyrrole nitrogens is 1. The van der Waals surface area contributed by atoms with Gasteiger partial charge in [0, 0.05) is 25.7 Å². The molecule has 2 N–H and O–H groups in total. The van der Waals surface area contributed by atoms with Gasteiger partial charge in [-0.05, 0) is 32.7 Å². The molecule has 0 amide bonds. The molecule has 2 atom stereocenters. The first-order valence-electron chi connectivity index (χ1n) is 11.3. The van der Waals surface area contributed by atoms with Crippen LogP contribution in [-0.4, -0.2) is 54.5 Å². The topological polar surface area (TPSA) is 99.7 Å². The van der Waals surface area contributed by atoms with Gasteiger partial charge in [0.25, 0.3) is 5.56 Å². The van der Waals surface area contributed by atoms with Gasteiger partial charge < -0.3 is 19.9 Å². The van der Waals surface area contributed by atoms with Gasteiger partial charge in [-0.25, -0.2) is 4.79 Å². The van der Waals surface area contributed by atoms with E-state index in [9.17, 15) is 14.4 Å². The summed E-state index contributed by atoms with van der Waals surface area (Å²) in [5.74, 6) is 0.631. The maximum atomic E-state index is 13.2. The van der Waals surface area contributed by atoms with Crippen LogP contribution in [0.5, 0.6) is 0 Å². The molecule has 9 nitrogen and oxygen atoms in total. The number of nitrogens with one attached hydrogen (secondary N) is 2. The number of carbonyl (C=O) groups excluding carboxylic acids is 1. The molecule has 0 saturated carbocycles. The van der Waals surface area contributed by atoms with Gasteiger partial charge in [0.15, 0.2) is 5.78 Å². The van der Waals surface area contributed by atoms with Crippen molar-refractivity contribution < 1.29 is 9.53 Å². The number of ether oxygens (including phenoxy) is 1. The van der Waals surface area contributed by atoms with Crippen LogP contribution in [0.4, 0.5) is 11.5 Å². The molecule has 1 aromatic heterocycles. The number of aromatic amines is 1. The minimum Gasteiger partial charge on any atom is -0.340 e. The predicted molar refractivity (Wildman–Crippen MR) is 128 cm³/mol. The van der Waals surface area contributed by atoms with Crippen LogP contribution in [0.1, 0.15) is 30.6 Å². The molecule has 1 aromatic carbocycles. The molecule has 0 aliphatic carbocycles. The van der Waals surface area contributed by atoms with E-state index in [1.54, 1.807) is 24.1 Å². The average Bonchev–Trinajstić information content (AvgIpc) is 3.41. The third-order valence-electron chi connectivity index (χ3n) is 6.11. The monoisotopic (exact) mass is 453 g/mol. The molecule has 0 radical (unpaired) electrons. The van der Waals surface area contributed by atoms with Gasteiger partial charge in [0.2, 0.25) is 6.35 Å². The number of hydrogen-bond acceptors (Lipinski definition) is 7. The second-order valence-electron chi connectivity index (χ2n) is 8.86. The molecular formula is C24H31N5O4. The van der Waals surface area contributed by atoms with Crippen molar-refractivity contribution in [1.29, 1.82) is 0 Å². The van der Waals surface area contributed by atoms with E-state index in [1.807, 2.05) is 43.0 Å². The number of rotatable bonds is 8. The van der Waals surface area contributed by atoms with Crippen molar-refractivity contribution in [3.63, 3.8) is 0 Å². The summed E-state index contributed by atoms with van der Waals surface area (Å²) in [5.41, 5.74) is 0.982. The van der Waals surface area contributed by atoms with Gasteiger partial charge in [-0.2, -0.15) is 0 Å². The van der Waals surface area contributed by atoms with Gasteiger partial charge in [-0.1, -0.05) is 42.0 Å².